The zero-order valence-corrected chi connectivity index (χ0v) is 18.8. The van der Waals surface area contributed by atoms with Gasteiger partial charge >= 0.3 is 6.03 Å². The number of pyridine rings is 1. The third kappa shape index (κ3) is 4.85. The van der Waals surface area contributed by atoms with Crippen LogP contribution in [0.1, 0.15) is 15.9 Å². The van der Waals surface area contributed by atoms with E-state index in [1.165, 1.54) is 23.0 Å². The van der Waals surface area contributed by atoms with Crippen molar-refractivity contribution < 1.29 is 9.59 Å². The van der Waals surface area contributed by atoms with Crippen LogP contribution in [0.2, 0.25) is 15.2 Å². The first-order valence-corrected chi connectivity index (χ1v) is 10.9. The molecule has 2 aromatic carbocycles. The molecule has 4 rings (SSSR count). The number of anilines is 1. The van der Waals surface area contributed by atoms with E-state index in [4.69, 9.17) is 34.8 Å². The third-order valence-electron chi connectivity index (χ3n) is 4.29. The molecule has 0 saturated heterocycles. The van der Waals surface area contributed by atoms with Crippen molar-refractivity contribution in [3.63, 3.8) is 0 Å². The number of urea groups is 1. The number of ketones is 1. The number of rotatable bonds is 5. The van der Waals surface area contributed by atoms with E-state index in [-0.39, 0.29) is 11.8 Å². The van der Waals surface area contributed by atoms with E-state index in [0.29, 0.717) is 43.5 Å². The van der Waals surface area contributed by atoms with Crippen molar-refractivity contribution in [1.29, 1.82) is 0 Å². The molecule has 2 amide bonds. The lowest BCUT2D eigenvalue weighted by molar-refractivity contribution is 0.103. The van der Waals surface area contributed by atoms with E-state index >= 15 is 0 Å². The summed E-state index contributed by atoms with van der Waals surface area (Å²) >= 11 is 20.0. The van der Waals surface area contributed by atoms with E-state index in [9.17, 15) is 9.59 Å². The van der Waals surface area contributed by atoms with Crippen LogP contribution in [0.25, 0.3) is 0 Å². The minimum atomic E-state index is -0.355. The smallest absolute Gasteiger partial charge is 0.331 e. The SMILES string of the molecule is O=C(c1ccc(Sc2c(Cl)cc(N3N=CCNC3=O)cc2Cl)cc1)c1ccc(Cl)nc1. The number of benzene rings is 2. The average Bonchev–Trinajstić information content (AvgIpc) is 2.77. The molecule has 31 heavy (non-hydrogen) atoms. The Morgan fingerprint density at radius 3 is 2.29 bits per heavy atom. The molecule has 1 aromatic heterocycles. The number of carbonyl (C=O) groups excluding carboxylic acids is 2. The molecule has 1 aliphatic rings. The number of hydrogen-bond acceptors (Lipinski definition) is 5. The number of hydrogen-bond donors (Lipinski definition) is 1. The normalized spacial score (nSPS) is 13.3. The number of amides is 2. The van der Waals surface area contributed by atoms with Gasteiger partial charge in [-0.1, -0.05) is 46.6 Å². The largest absolute Gasteiger partial charge is 0.342 e. The minimum absolute atomic E-state index is 0.151. The monoisotopic (exact) mass is 490 g/mol. The molecule has 3 aromatic rings. The molecular formula is C21H13Cl3N4O2S. The molecule has 0 atom stereocenters. The standard InChI is InChI=1S/C21H13Cl3N4O2S/c22-16-9-14(28-21(30)25-7-8-27-28)10-17(23)20(16)31-15-4-1-12(2-5-15)19(29)13-3-6-18(24)26-11-13/h1-6,8-11H,7H2,(H,25,30). The van der Waals surface area contributed by atoms with E-state index < -0.39 is 0 Å². The Morgan fingerprint density at radius 2 is 1.68 bits per heavy atom. The van der Waals surface area contributed by atoms with Crippen LogP contribution in [0, 0.1) is 0 Å². The first-order valence-electron chi connectivity index (χ1n) is 8.96. The molecule has 10 heteroatoms. The Labute approximate surface area is 197 Å². The number of halogens is 3. The van der Waals surface area contributed by atoms with Gasteiger partial charge in [-0.3, -0.25) is 4.79 Å². The topological polar surface area (TPSA) is 74.7 Å². The second-order valence-corrected chi connectivity index (χ2v) is 8.65. The number of nitrogens with zero attached hydrogens (tertiary/aromatic N) is 3. The van der Waals surface area contributed by atoms with Gasteiger partial charge in [-0.05, 0) is 48.5 Å². The zero-order valence-electron chi connectivity index (χ0n) is 15.7. The average molecular weight is 492 g/mol. The van der Waals surface area contributed by atoms with Crippen molar-refractivity contribution in [3.05, 3.63) is 81.1 Å². The maximum Gasteiger partial charge on any atom is 0.342 e. The van der Waals surface area contributed by atoms with Gasteiger partial charge in [0, 0.05) is 33.3 Å². The molecule has 1 aliphatic heterocycles. The van der Waals surface area contributed by atoms with Crippen molar-refractivity contribution in [1.82, 2.24) is 10.3 Å². The van der Waals surface area contributed by atoms with Crippen LogP contribution in [-0.4, -0.2) is 29.6 Å². The molecule has 2 heterocycles. The van der Waals surface area contributed by atoms with Crippen LogP contribution >= 0.6 is 46.6 Å². The molecular weight excluding hydrogens is 479 g/mol. The molecule has 0 unspecified atom stereocenters. The van der Waals surface area contributed by atoms with Crippen molar-refractivity contribution in [2.45, 2.75) is 9.79 Å². The molecule has 156 valence electrons. The molecule has 6 nitrogen and oxygen atoms in total. The second-order valence-electron chi connectivity index (χ2n) is 6.36. The first kappa shape index (κ1) is 21.6. The Bertz CT molecular complexity index is 1160. The van der Waals surface area contributed by atoms with Crippen LogP contribution in [0.3, 0.4) is 0 Å². The number of hydrazone groups is 1. The predicted molar refractivity (Wildman–Crippen MR) is 124 cm³/mol. The molecule has 0 spiro atoms. The van der Waals surface area contributed by atoms with Gasteiger partial charge in [-0.25, -0.2) is 9.78 Å². The summed E-state index contributed by atoms with van der Waals surface area (Å²) in [4.78, 5) is 30.0. The summed E-state index contributed by atoms with van der Waals surface area (Å²) < 4.78 is 0. The maximum atomic E-state index is 12.6. The summed E-state index contributed by atoms with van der Waals surface area (Å²) in [7, 11) is 0. The minimum Gasteiger partial charge on any atom is -0.331 e. The highest BCUT2D eigenvalue weighted by Gasteiger charge is 2.20. The Kier molecular flexibility index (Phi) is 6.48. The highest BCUT2D eigenvalue weighted by atomic mass is 35.5. The van der Waals surface area contributed by atoms with Gasteiger partial charge in [0.05, 0.1) is 22.3 Å². The van der Waals surface area contributed by atoms with Crippen molar-refractivity contribution in [2.75, 3.05) is 11.6 Å². The lowest BCUT2D eigenvalue weighted by atomic mass is 10.1. The van der Waals surface area contributed by atoms with Crippen LogP contribution in [0.5, 0.6) is 0 Å². The predicted octanol–water partition coefficient (Wildman–Crippen LogP) is 5.94. The molecule has 0 saturated carbocycles. The number of aromatic nitrogens is 1. The lowest BCUT2D eigenvalue weighted by Crippen LogP contribution is -2.41. The summed E-state index contributed by atoms with van der Waals surface area (Å²) in [6.45, 7) is 0.373. The van der Waals surface area contributed by atoms with E-state index in [1.807, 2.05) is 12.1 Å². The first-order chi connectivity index (χ1) is 14.9. The van der Waals surface area contributed by atoms with Gasteiger partial charge in [0.2, 0.25) is 0 Å². The fourth-order valence-electron chi connectivity index (χ4n) is 2.80. The van der Waals surface area contributed by atoms with Crippen LogP contribution < -0.4 is 10.3 Å². The quantitative estimate of drug-likeness (QED) is 0.354. The maximum absolute atomic E-state index is 12.6. The van der Waals surface area contributed by atoms with Crippen molar-refractivity contribution in [3.8, 4) is 0 Å². The van der Waals surface area contributed by atoms with E-state index in [1.54, 1.807) is 42.6 Å². The third-order valence-corrected chi connectivity index (χ3v) is 6.48. The zero-order chi connectivity index (χ0) is 22.0. The fraction of sp³-hybridized carbons (Fsp3) is 0.0476. The van der Waals surface area contributed by atoms with Crippen molar-refractivity contribution in [2.24, 2.45) is 5.10 Å². The molecule has 0 aliphatic carbocycles. The van der Waals surface area contributed by atoms with Gasteiger partial charge in [-0.2, -0.15) is 10.1 Å². The van der Waals surface area contributed by atoms with E-state index in [2.05, 4.69) is 15.4 Å². The van der Waals surface area contributed by atoms with Gasteiger partial charge in [0.1, 0.15) is 5.15 Å². The molecule has 0 fully saturated rings. The van der Waals surface area contributed by atoms with Crippen LogP contribution in [0.15, 0.2) is 69.6 Å². The lowest BCUT2D eigenvalue weighted by Gasteiger charge is -2.21. The van der Waals surface area contributed by atoms with Gasteiger partial charge < -0.3 is 5.32 Å². The highest BCUT2D eigenvalue weighted by Crippen LogP contribution is 2.41. The van der Waals surface area contributed by atoms with Crippen LogP contribution in [0.4, 0.5) is 10.5 Å². The van der Waals surface area contributed by atoms with Gasteiger partial charge in [-0.15, -0.1) is 0 Å². The molecule has 1 N–H and O–H groups in total. The number of nitrogens with one attached hydrogen (secondary N) is 1. The Balaban J connectivity index is 1.53. The molecule has 0 bridgehead atoms. The van der Waals surface area contributed by atoms with Crippen molar-refractivity contribution >= 4 is 70.3 Å². The van der Waals surface area contributed by atoms with Gasteiger partial charge in [0.15, 0.2) is 5.78 Å². The Hall–Kier alpha value is -2.58. The van der Waals surface area contributed by atoms with E-state index in [0.717, 1.165) is 4.90 Å². The number of carbonyl (C=O) groups is 2. The summed E-state index contributed by atoms with van der Waals surface area (Å²) in [6.07, 6.45) is 3.02. The van der Waals surface area contributed by atoms with Crippen LogP contribution in [-0.2, 0) is 0 Å². The molecule has 0 radical (unpaired) electrons. The summed E-state index contributed by atoms with van der Waals surface area (Å²) in [5, 5.41) is 9.01. The van der Waals surface area contributed by atoms with Gasteiger partial charge in [0.25, 0.3) is 0 Å². The summed E-state index contributed by atoms with van der Waals surface area (Å²) in [6, 6.07) is 13.2. The summed E-state index contributed by atoms with van der Waals surface area (Å²) in [5.74, 6) is -0.151. The fourth-order valence-corrected chi connectivity index (χ4v) is 4.44. The second kappa shape index (κ2) is 9.28. The summed E-state index contributed by atoms with van der Waals surface area (Å²) in [5.41, 5.74) is 1.44. The highest BCUT2D eigenvalue weighted by molar-refractivity contribution is 7.99. The Morgan fingerprint density at radius 1 is 1.00 bits per heavy atom.